The van der Waals surface area contributed by atoms with Gasteiger partial charge in [-0.15, -0.1) is 0 Å². The van der Waals surface area contributed by atoms with E-state index in [1.165, 1.54) is 167 Å². The van der Waals surface area contributed by atoms with E-state index in [0.29, 0.717) is 31.4 Å². The third kappa shape index (κ3) is 22.3. The second-order valence-electron chi connectivity index (χ2n) is 19.7. The largest absolute Gasteiger partial charge is 0.494 e. The van der Waals surface area contributed by atoms with Gasteiger partial charge >= 0.3 is 0 Å². The van der Waals surface area contributed by atoms with Crippen molar-refractivity contribution >= 4 is 69.0 Å². The molecule has 5 aromatic rings. The molecular formula is C64H86Cl2N2O2S2. The molecule has 390 valence electrons. The summed E-state index contributed by atoms with van der Waals surface area (Å²) >= 11 is 25.8. The smallest absolute Gasteiger partial charge is 0.119 e. The second kappa shape index (κ2) is 36.1. The van der Waals surface area contributed by atoms with Gasteiger partial charge in [0.1, 0.15) is 21.5 Å². The van der Waals surface area contributed by atoms with Gasteiger partial charge in [0, 0.05) is 11.1 Å². The zero-order chi connectivity index (χ0) is 50.9. The lowest BCUT2D eigenvalue weighted by molar-refractivity contribution is 0.304. The first-order valence-corrected chi connectivity index (χ1v) is 29.7. The average molecular weight is 1050 g/mol. The van der Waals surface area contributed by atoms with E-state index < -0.39 is 0 Å². The Kier molecular flexibility index (Phi) is 29.5. The van der Waals surface area contributed by atoms with Crippen molar-refractivity contribution in [2.75, 3.05) is 23.8 Å². The molecular weight excluding hydrogens is 964 g/mol. The lowest BCUT2D eigenvalue weighted by Gasteiger charge is -2.17. The van der Waals surface area contributed by atoms with Crippen molar-refractivity contribution < 1.29 is 9.47 Å². The second-order valence-corrected chi connectivity index (χ2v) is 21.4. The molecule has 0 aliphatic rings. The van der Waals surface area contributed by atoms with Crippen LogP contribution >= 0.6 is 47.6 Å². The van der Waals surface area contributed by atoms with Crippen LogP contribution in [-0.2, 0) is 0 Å². The summed E-state index contributed by atoms with van der Waals surface area (Å²) in [5, 5.41) is 7.65. The van der Waals surface area contributed by atoms with Crippen molar-refractivity contribution in [3.8, 4) is 33.8 Å². The number of unbranched alkanes of at least 4 members (excludes halogenated alkanes) is 26. The van der Waals surface area contributed by atoms with Crippen LogP contribution in [0.25, 0.3) is 22.3 Å². The fraction of sp³-hybridized carbons (Fsp3) is 0.500. The van der Waals surface area contributed by atoms with Crippen LogP contribution in [0.3, 0.4) is 0 Å². The van der Waals surface area contributed by atoms with Crippen molar-refractivity contribution in [1.29, 1.82) is 0 Å². The van der Waals surface area contributed by atoms with Crippen LogP contribution in [0.1, 0.15) is 205 Å². The molecule has 0 aliphatic carbocycles. The number of hydrogen-bond acceptors (Lipinski definition) is 4. The number of rotatable bonds is 38. The van der Waals surface area contributed by atoms with Crippen molar-refractivity contribution in [3.05, 3.63) is 130 Å². The quantitative estimate of drug-likeness (QED) is 0.0303. The summed E-state index contributed by atoms with van der Waals surface area (Å²) in [6.45, 7) is 6.05. The number of halogens is 2. The Bertz CT molecular complexity index is 2120. The Morgan fingerprint density at radius 3 is 0.958 bits per heavy atom. The summed E-state index contributed by atoms with van der Waals surface area (Å²) in [5.41, 5.74) is 7.13. The van der Waals surface area contributed by atoms with Gasteiger partial charge in [-0.3, -0.25) is 0 Å². The Morgan fingerprint density at radius 1 is 0.375 bits per heavy atom. The normalized spacial score (nSPS) is 11.2. The molecule has 0 atom stereocenters. The van der Waals surface area contributed by atoms with Gasteiger partial charge in [-0.05, 0) is 71.5 Å². The lowest BCUT2D eigenvalue weighted by Crippen LogP contribution is -2.14. The first-order chi connectivity index (χ1) is 35.4. The SMILES string of the molecule is CCCCCCCCCCCCCCCCOc1ccc(-c2ccccc2C(=S)Nc2cc(Cl)c(NC(=S)c3ccccc3-c3ccc(OCCCCCCCCCCCCCCCC)cc3)cc2Cl)cc1. The molecule has 0 aliphatic heterocycles. The summed E-state index contributed by atoms with van der Waals surface area (Å²) in [7, 11) is 0. The minimum atomic E-state index is 0.461. The lowest BCUT2D eigenvalue weighted by atomic mass is 9.99. The highest BCUT2D eigenvalue weighted by molar-refractivity contribution is 7.81. The van der Waals surface area contributed by atoms with E-state index in [2.05, 4.69) is 60.9 Å². The maximum atomic E-state index is 6.92. The van der Waals surface area contributed by atoms with E-state index in [1.54, 1.807) is 12.1 Å². The van der Waals surface area contributed by atoms with Gasteiger partial charge in [0.15, 0.2) is 0 Å². The molecule has 0 spiro atoms. The van der Waals surface area contributed by atoms with Crippen molar-refractivity contribution in [3.63, 3.8) is 0 Å². The molecule has 0 amide bonds. The molecule has 0 bridgehead atoms. The Balaban J connectivity index is 1.02. The number of benzene rings is 5. The first kappa shape index (κ1) is 58.9. The summed E-state index contributed by atoms with van der Waals surface area (Å²) in [5.74, 6) is 1.77. The predicted molar refractivity (Wildman–Crippen MR) is 322 cm³/mol. The van der Waals surface area contributed by atoms with Crippen molar-refractivity contribution in [1.82, 2.24) is 0 Å². The molecule has 0 fully saturated rings. The maximum Gasteiger partial charge on any atom is 0.119 e. The highest BCUT2D eigenvalue weighted by atomic mass is 35.5. The molecule has 5 rings (SSSR count). The van der Waals surface area contributed by atoms with Gasteiger partial charge < -0.3 is 20.1 Å². The highest BCUT2D eigenvalue weighted by Gasteiger charge is 2.16. The van der Waals surface area contributed by atoms with E-state index >= 15 is 0 Å². The van der Waals surface area contributed by atoms with Crippen molar-refractivity contribution in [2.24, 2.45) is 0 Å². The van der Waals surface area contributed by atoms with E-state index in [0.717, 1.165) is 70.9 Å². The monoisotopic (exact) mass is 1050 g/mol. The van der Waals surface area contributed by atoms with Crippen LogP contribution < -0.4 is 20.1 Å². The first-order valence-electron chi connectivity index (χ1n) is 28.1. The predicted octanol–water partition coefficient (Wildman–Crippen LogP) is 21.6. The van der Waals surface area contributed by atoms with Crippen LogP contribution in [0.5, 0.6) is 11.5 Å². The Labute approximate surface area is 457 Å². The number of thiocarbonyl (C=S) groups is 2. The summed E-state index contributed by atoms with van der Waals surface area (Å²) in [6.07, 6.45) is 37.8. The van der Waals surface area contributed by atoms with Crippen LogP contribution in [0.2, 0.25) is 10.0 Å². The van der Waals surface area contributed by atoms with Gasteiger partial charge in [-0.1, -0.05) is 301 Å². The summed E-state index contributed by atoms with van der Waals surface area (Å²) in [4.78, 5) is 1.08. The van der Waals surface area contributed by atoms with E-state index in [1.807, 2.05) is 60.7 Å². The van der Waals surface area contributed by atoms with Crippen LogP contribution in [-0.4, -0.2) is 23.2 Å². The van der Waals surface area contributed by atoms with Crippen molar-refractivity contribution in [2.45, 2.75) is 194 Å². The highest BCUT2D eigenvalue weighted by Crippen LogP contribution is 2.36. The topological polar surface area (TPSA) is 42.5 Å². The fourth-order valence-electron chi connectivity index (χ4n) is 9.42. The molecule has 4 nitrogen and oxygen atoms in total. The molecule has 5 aromatic carbocycles. The minimum Gasteiger partial charge on any atom is -0.494 e. The number of anilines is 2. The van der Waals surface area contributed by atoms with Crippen LogP contribution in [0.4, 0.5) is 11.4 Å². The Hall–Kier alpha value is -3.94. The molecule has 0 aromatic heterocycles. The third-order valence-corrected chi connectivity index (χ3v) is 15.0. The summed E-state index contributed by atoms with van der Waals surface area (Å²) in [6, 6.07) is 36.4. The van der Waals surface area contributed by atoms with Gasteiger partial charge in [0.05, 0.1) is 34.6 Å². The Morgan fingerprint density at radius 2 is 0.653 bits per heavy atom. The maximum absolute atomic E-state index is 6.92. The number of ether oxygens (including phenoxy) is 2. The zero-order valence-electron chi connectivity index (χ0n) is 44.0. The number of hydrogen-bond donors (Lipinski definition) is 2. The molecule has 0 saturated heterocycles. The number of nitrogens with one attached hydrogen (secondary N) is 2. The zero-order valence-corrected chi connectivity index (χ0v) is 47.1. The molecule has 0 heterocycles. The van der Waals surface area contributed by atoms with Gasteiger partial charge in [-0.2, -0.15) is 0 Å². The fourth-order valence-corrected chi connectivity index (χ4v) is 10.4. The van der Waals surface area contributed by atoms with E-state index in [-0.39, 0.29) is 0 Å². The molecule has 0 radical (unpaired) electrons. The minimum absolute atomic E-state index is 0.461. The van der Waals surface area contributed by atoms with Crippen LogP contribution in [0, 0.1) is 0 Å². The standard InChI is InChI=1S/C64H86Cl2N2O2S2/c1-3-5-7-9-11-13-15-17-19-21-23-25-27-33-47-69-53-43-39-51(40-44-53)55-35-29-31-37-57(55)63(71)67-61-49-60(66)62(50-59(61)65)68-64(72)58-38-32-30-36-56(58)52-41-45-54(46-42-52)70-48-34-28-26-24-22-20-18-16-14-12-10-8-6-4-2/h29-32,35-46,49-50H,3-28,33-34,47-48H2,1-2H3,(H,67,71)(H,68,72). The molecule has 0 unspecified atom stereocenters. The van der Waals surface area contributed by atoms with E-state index in [9.17, 15) is 0 Å². The van der Waals surface area contributed by atoms with Gasteiger partial charge in [0.2, 0.25) is 0 Å². The molecule has 72 heavy (non-hydrogen) atoms. The average Bonchev–Trinajstić information content (AvgIpc) is 3.40. The molecule has 8 heteroatoms. The van der Waals surface area contributed by atoms with Gasteiger partial charge in [0.25, 0.3) is 0 Å². The van der Waals surface area contributed by atoms with E-state index in [4.69, 9.17) is 57.1 Å². The summed E-state index contributed by atoms with van der Waals surface area (Å²) < 4.78 is 12.3. The van der Waals surface area contributed by atoms with Gasteiger partial charge in [-0.25, -0.2) is 0 Å². The third-order valence-electron chi connectivity index (χ3n) is 13.8. The molecule has 0 saturated carbocycles. The molecule has 2 N–H and O–H groups in total. The van der Waals surface area contributed by atoms with Crippen LogP contribution in [0.15, 0.2) is 109 Å².